The lowest BCUT2D eigenvalue weighted by Gasteiger charge is -2.06. The van der Waals surface area contributed by atoms with Crippen LogP contribution in [0.25, 0.3) is 17.3 Å². The Kier molecular flexibility index (Phi) is 6.80. The fraction of sp³-hybridized carbons (Fsp3) is 0.208. The van der Waals surface area contributed by atoms with Crippen molar-refractivity contribution in [1.29, 1.82) is 0 Å². The van der Waals surface area contributed by atoms with Gasteiger partial charge in [-0.15, -0.1) is 0 Å². The number of rotatable bonds is 8. The third kappa shape index (κ3) is 5.44. The summed E-state index contributed by atoms with van der Waals surface area (Å²) >= 11 is 0. The zero-order valence-electron chi connectivity index (χ0n) is 17.1. The lowest BCUT2D eigenvalue weighted by molar-refractivity contribution is -0.148. The standard InChI is InChI=1S/C24H25N3O3/c1-3-18-9-11-20(12-10-18)23-21(13-14-22(28)30-17(2)24(25)29)16-27(26-23)15-19-7-5-4-6-8-19/h4-14,16-17H,3,15H2,1-2H3,(H2,25,29)/b14-13+/t17-/m1/s1. The van der Waals surface area contributed by atoms with E-state index in [9.17, 15) is 9.59 Å². The number of carbonyl (C=O) groups is 2. The predicted octanol–water partition coefficient (Wildman–Crippen LogP) is 3.59. The minimum absolute atomic E-state index is 0.609. The van der Waals surface area contributed by atoms with Gasteiger partial charge in [-0.1, -0.05) is 61.5 Å². The summed E-state index contributed by atoms with van der Waals surface area (Å²) in [5, 5.41) is 4.74. The molecule has 0 unspecified atom stereocenters. The Balaban J connectivity index is 1.89. The molecule has 0 aliphatic rings. The summed E-state index contributed by atoms with van der Waals surface area (Å²) < 4.78 is 6.83. The van der Waals surface area contributed by atoms with Gasteiger partial charge in [0.25, 0.3) is 5.91 Å². The highest BCUT2D eigenvalue weighted by atomic mass is 16.5. The van der Waals surface area contributed by atoms with E-state index in [0.717, 1.165) is 28.8 Å². The van der Waals surface area contributed by atoms with E-state index < -0.39 is 18.0 Å². The van der Waals surface area contributed by atoms with Gasteiger partial charge in [0.05, 0.1) is 12.2 Å². The zero-order valence-corrected chi connectivity index (χ0v) is 17.1. The van der Waals surface area contributed by atoms with Gasteiger partial charge in [0.1, 0.15) is 0 Å². The molecule has 6 heteroatoms. The van der Waals surface area contributed by atoms with Crippen LogP contribution in [0.15, 0.2) is 66.9 Å². The summed E-state index contributed by atoms with van der Waals surface area (Å²) in [7, 11) is 0. The van der Waals surface area contributed by atoms with Crippen molar-refractivity contribution in [3.63, 3.8) is 0 Å². The molecule has 3 aromatic rings. The van der Waals surface area contributed by atoms with Gasteiger partial charge in [-0.25, -0.2) is 4.79 Å². The first-order valence-electron chi connectivity index (χ1n) is 9.85. The second kappa shape index (κ2) is 9.69. The number of esters is 1. The fourth-order valence-corrected chi connectivity index (χ4v) is 2.96. The van der Waals surface area contributed by atoms with Crippen LogP contribution >= 0.6 is 0 Å². The second-order valence-corrected chi connectivity index (χ2v) is 6.98. The van der Waals surface area contributed by atoms with E-state index >= 15 is 0 Å². The molecule has 0 radical (unpaired) electrons. The van der Waals surface area contributed by atoms with Crippen LogP contribution in [0.3, 0.4) is 0 Å². The van der Waals surface area contributed by atoms with Crippen LogP contribution in [0.1, 0.15) is 30.5 Å². The van der Waals surface area contributed by atoms with Crippen LogP contribution in [-0.4, -0.2) is 27.8 Å². The summed E-state index contributed by atoms with van der Waals surface area (Å²) in [4.78, 5) is 23.1. The van der Waals surface area contributed by atoms with Crippen LogP contribution in [0, 0.1) is 0 Å². The Morgan fingerprint density at radius 2 is 1.80 bits per heavy atom. The topological polar surface area (TPSA) is 87.2 Å². The summed E-state index contributed by atoms with van der Waals surface area (Å²) in [6, 6.07) is 18.2. The van der Waals surface area contributed by atoms with Gasteiger partial charge in [-0.05, 0) is 30.5 Å². The first kappa shape index (κ1) is 21.0. The number of primary amides is 1. The van der Waals surface area contributed by atoms with Gasteiger partial charge in [-0.2, -0.15) is 5.10 Å². The first-order chi connectivity index (χ1) is 14.5. The van der Waals surface area contributed by atoms with Crippen LogP contribution in [0.4, 0.5) is 0 Å². The Morgan fingerprint density at radius 1 is 1.10 bits per heavy atom. The van der Waals surface area contributed by atoms with E-state index in [-0.39, 0.29) is 0 Å². The van der Waals surface area contributed by atoms with E-state index in [0.29, 0.717) is 6.54 Å². The normalized spacial score (nSPS) is 12.1. The predicted molar refractivity (Wildman–Crippen MR) is 116 cm³/mol. The Labute approximate surface area is 176 Å². The summed E-state index contributed by atoms with van der Waals surface area (Å²) in [5.74, 6) is -1.33. The number of nitrogens with zero attached hydrogens (tertiary/aromatic N) is 2. The van der Waals surface area contributed by atoms with Crippen molar-refractivity contribution in [3.8, 4) is 11.3 Å². The lowest BCUT2D eigenvalue weighted by atomic mass is 10.0. The summed E-state index contributed by atoms with van der Waals surface area (Å²) in [6.07, 6.45) is 4.79. The van der Waals surface area contributed by atoms with Crippen molar-refractivity contribution in [2.24, 2.45) is 5.73 Å². The Hall–Kier alpha value is -3.67. The van der Waals surface area contributed by atoms with Gasteiger partial charge < -0.3 is 10.5 Å². The SMILES string of the molecule is CCc1ccc(-c2nn(Cc3ccccc3)cc2/C=C/C(=O)O[C@H](C)C(N)=O)cc1. The maximum absolute atomic E-state index is 12.0. The molecule has 1 atom stereocenters. The van der Waals surface area contributed by atoms with Crippen LogP contribution in [0.5, 0.6) is 0 Å². The molecule has 30 heavy (non-hydrogen) atoms. The molecular formula is C24H25N3O3. The molecular weight excluding hydrogens is 378 g/mol. The molecule has 0 saturated carbocycles. The highest BCUT2D eigenvalue weighted by molar-refractivity contribution is 5.91. The third-order valence-electron chi connectivity index (χ3n) is 4.71. The molecule has 1 amide bonds. The monoisotopic (exact) mass is 403 g/mol. The molecule has 1 aromatic heterocycles. The largest absolute Gasteiger partial charge is 0.449 e. The quantitative estimate of drug-likeness (QED) is 0.460. The van der Waals surface area contributed by atoms with E-state index in [1.165, 1.54) is 18.6 Å². The molecule has 1 heterocycles. The Bertz CT molecular complexity index is 1040. The van der Waals surface area contributed by atoms with Crippen LogP contribution in [-0.2, 0) is 27.3 Å². The maximum Gasteiger partial charge on any atom is 0.331 e. The maximum atomic E-state index is 12.0. The minimum Gasteiger partial charge on any atom is -0.449 e. The fourth-order valence-electron chi connectivity index (χ4n) is 2.96. The van der Waals surface area contributed by atoms with Crippen molar-refractivity contribution in [2.75, 3.05) is 0 Å². The highest BCUT2D eigenvalue weighted by Crippen LogP contribution is 2.24. The molecule has 2 aromatic carbocycles. The molecule has 154 valence electrons. The molecule has 0 fully saturated rings. The molecule has 0 saturated heterocycles. The third-order valence-corrected chi connectivity index (χ3v) is 4.71. The Morgan fingerprint density at radius 3 is 2.43 bits per heavy atom. The number of hydrogen-bond donors (Lipinski definition) is 1. The van der Waals surface area contributed by atoms with Crippen molar-refractivity contribution < 1.29 is 14.3 Å². The highest BCUT2D eigenvalue weighted by Gasteiger charge is 2.14. The van der Waals surface area contributed by atoms with E-state index in [4.69, 9.17) is 15.6 Å². The van der Waals surface area contributed by atoms with E-state index in [1.807, 2.05) is 53.3 Å². The number of amides is 1. The number of aromatic nitrogens is 2. The second-order valence-electron chi connectivity index (χ2n) is 6.98. The molecule has 6 nitrogen and oxygen atoms in total. The summed E-state index contributed by atoms with van der Waals surface area (Å²) in [5.41, 5.74) is 10.00. The van der Waals surface area contributed by atoms with Gasteiger partial charge in [0, 0.05) is 23.4 Å². The molecule has 0 aliphatic carbocycles. The van der Waals surface area contributed by atoms with Gasteiger partial charge in [-0.3, -0.25) is 9.48 Å². The van der Waals surface area contributed by atoms with E-state index in [2.05, 4.69) is 19.1 Å². The number of carbonyl (C=O) groups excluding carboxylic acids is 2. The van der Waals surface area contributed by atoms with Gasteiger partial charge >= 0.3 is 5.97 Å². The molecule has 3 rings (SSSR count). The van der Waals surface area contributed by atoms with Crippen LogP contribution in [0.2, 0.25) is 0 Å². The van der Waals surface area contributed by atoms with Gasteiger partial charge in [0.2, 0.25) is 0 Å². The first-order valence-corrected chi connectivity index (χ1v) is 9.85. The van der Waals surface area contributed by atoms with Crippen molar-refractivity contribution in [1.82, 2.24) is 9.78 Å². The average molecular weight is 403 g/mol. The number of aryl methyl sites for hydroxylation is 1. The number of nitrogens with two attached hydrogens (primary N) is 1. The number of ether oxygens (including phenoxy) is 1. The molecule has 0 aliphatic heterocycles. The summed E-state index contributed by atoms with van der Waals surface area (Å²) in [6.45, 7) is 4.15. The smallest absolute Gasteiger partial charge is 0.331 e. The van der Waals surface area contributed by atoms with Crippen molar-refractivity contribution in [2.45, 2.75) is 32.9 Å². The molecule has 0 spiro atoms. The van der Waals surface area contributed by atoms with Crippen molar-refractivity contribution >= 4 is 18.0 Å². The van der Waals surface area contributed by atoms with Crippen LogP contribution < -0.4 is 5.73 Å². The zero-order chi connectivity index (χ0) is 21.5. The number of hydrogen-bond acceptors (Lipinski definition) is 4. The average Bonchev–Trinajstić information content (AvgIpc) is 3.15. The van der Waals surface area contributed by atoms with E-state index in [1.54, 1.807) is 6.08 Å². The molecule has 2 N–H and O–H groups in total. The number of benzene rings is 2. The van der Waals surface area contributed by atoms with Gasteiger partial charge in [0.15, 0.2) is 6.10 Å². The minimum atomic E-state index is -0.982. The molecule has 0 bridgehead atoms. The van der Waals surface area contributed by atoms with Crippen molar-refractivity contribution in [3.05, 3.63) is 83.6 Å². The lowest BCUT2D eigenvalue weighted by Crippen LogP contribution is -2.29.